The number of halogens is 2. The van der Waals surface area contributed by atoms with Crippen molar-refractivity contribution in [2.45, 2.75) is 73.8 Å². The molecule has 0 unspecified atom stereocenters. The first-order valence-corrected chi connectivity index (χ1v) is 20.7. The van der Waals surface area contributed by atoms with Gasteiger partial charge < -0.3 is 29.2 Å². The second-order valence-corrected chi connectivity index (χ2v) is 16.2. The third kappa shape index (κ3) is 9.75. The van der Waals surface area contributed by atoms with Gasteiger partial charge >= 0.3 is 0 Å². The maximum absolute atomic E-state index is 12.5. The average Bonchev–Trinajstić information content (AvgIpc) is 3.59. The third-order valence-corrected chi connectivity index (χ3v) is 11.3. The molecule has 0 spiro atoms. The van der Waals surface area contributed by atoms with E-state index in [2.05, 4.69) is 10.6 Å². The van der Waals surface area contributed by atoms with E-state index >= 15 is 0 Å². The molecule has 6 aromatic rings. The number of methoxy groups -OCH3 is 2. The van der Waals surface area contributed by atoms with E-state index in [0.717, 1.165) is 61.9 Å². The van der Waals surface area contributed by atoms with E-state index < -0.39 is 0 Å². The van der Waals surface area contributed by atoms with Crippen molar-refractivity contribution in [2.75, 3.05) is 20.8 Å². The molecule has 0 aliphatic rings. The number of amides is 2. The summed E-state index contributed by atoms with van der Waals surface area (Å²) in [6, 6.07) is 23.8. The highest BCUT2D eigenvalue weighted by Crippen LogP contribution is 2.37. The summed E-state index contributed by atoms with van der Waals surface area (Å²) in [6.45, 7) is 14.6. The highest BCUT2D eigenvalue weighted by Gasteiger charge is 2.23. The Balaban J connectivity index is 0.000000221. The van der Waals surface area contributed by atoms with Gasteiger partial charge in [0.1, 0.15) is 21.5 Å². The van der Waals surface area contributed by atoms with Crippen molar-refractivity contribution in [1.29, 1.82) is 0 Å². The maximum atomic E-state index is 12.5. The second kappa shape index (κ2) is 19.3. The summed E-state index contributed by atoms with van der Waals surface area (Å²) in [7, 11) is 3.17. The molecular weight excluding hydrogens is 808 g/mol. The van der Waals surface area contributed by atoms with Crippen molar-refractivity contribution in [2.24, 2.45) is 0 Å². The summed E-state index contributed by atoms with van der Waals surface area (Å²) in [5, 5.41) is 8.76. The molecule has 2 amide bonds. The molecule has 4 aromatic carbocycles. The number of carbonyl (C=O) groups is 2. The highest BCUT2D eigenvalue weighted by atomic mass is 35.5. The molecule has 2 aromatic heterocycles. The zero-order chi connectivity index (χ0) is 42.4. The molecule has 12 heteroatoms. The van der Waals surface area contributed by atoms with Crippen LogP contribution in [0.4, 0.5) is 0 Å². The Morgan fingerprint density at radius 3 is 1.43 bits per heavy atom. The van der Waals surface area contributed by atoms with Gasteiger partial charge in [0.2, 0.25) is 11.8 Å². The van der Waals surface area contributed by atoms with Gasteiger partial charge in [0, 0.05) is 45.9 Å². The van der Waals surface area contributed by atoms with Crippen molar-refractivity contribution in [3.63, 3.8) is 0 Å². The molecule has 304 valence electrons. The number of aromatic nitrogens is 2. The number of hydrogen-bond donors (Lipinski definition) is 2. The smallest absolute Gasteiger partial charge is 0.224 e. The van der Waals surface area contributed by atoms with Gasteiger partial charge in [-0.05, 0) is 83.4 Å². The Bertz CT molecular complexity index is 2500. The molecule has 0 aliphatic carbocycles. The first-order valence-electron chi connectivity index (χ1n) is 19.1. The lowest BCUT2D eigenvalue weighted by molar-refractivity contribution is -0.121. The van der Waals surface area contributed by atoms with Crippen LogP contribution in [0.5, 0.6) is 11.5 Å². The molecule has 0 aliphatic heterocycles. The van der Waals surface area contributed by atoms with Gasteiger partial charge in [0.05, 0.1) is 48.1 Å². The summed E-state index contributed by atoms with van der Waals surface area (Å²) < 4.78 is 14.8. The fourth-order valence-electron chi connectivity index (χ4n) is 6.91. The zero-order valence-corrected chi connectivity index (χ0v) is 37.6. The first kappa shape index (κ1) is 44.4. The molecule has 6 rings (SSSR count). The molecular formula is C46H50Cl2N4O4S2. The van der Waals surface area contributed by atoms with Crippen LogP contribution in [-0.4, -0.2) is 57.7 Å². The SMILES string of the molecule is CCCNC(=O)Cc1c(C)n(C(=S)c2ccc(C)cc2)c2cc(Cl)c(OC)cc12.COc1cc2c(CC(=O)NC(C)C)c(C)n(C(=S)c3ccc(C)cc3)c2cc1Cl. The minimum absolute atomic E-state index is 0.0100. The number of hydrogen-bond acceptors (Lipinski definition) is 6. The van der Waals surface area contributed by atoms with Gasteiger partial charge in [-0.25, -0.2) is 0 Å². The minimum atomic E-state index is -0.0303. The third-order valence-electron chi connectivity index (χ3n) is 9.92. The lowest BCUT2D eigenvalue weighted by Crippen LogP contribution is -2.31. The predicted octanol–water partition coefficient (Wildman–Crippen LogP) is 10.4. The number of benzene rings is 4. The standard InChI is InChI=1S/2C23H25ClN2O2S/c1-13(2)25-22(27)11-17-15(4)26(23(29)16-8-6-14(3)7-9-16)20-12-19(24)21(28-5)10-18(17)20;1-5-10-25-22(27)12-17-15(3)26(23(29)16-8-6-14(2)7-9-16)20-13-19(24)21(28-4)11-18(17)20/h6-10,12-13H,11H2,1-5H3,(H,25,27);6-9,11,13H,5,10,12H2,1-4H3,(H,25,27). The van der Waals surface area contributed by atoms with E-state index in [-0.39, 0.29) is 30.7 Å². The van der Waals surface area contributed by atoms with Crippen LogP contribution in [0.25, 0.3) is 21.8 Å². The summed E-state index contributed by atoms with van der Waals surface area (Å²) >= 11 is 24.5. The van der Waals surface area contributed by atoms with E-state index in [1.807, 2.05) is 130 Å². The molecule has 0 bridgehead atoms. The van der Waals surface area contributed by atoms with Crippen LogP contribution in [0.15, 0.2) is 72.8 Å². The van der Waals surface area contributed by atoms with E-state index in [4.69, 9.17) is 57.1 Å². The van der Waals surface area contributed by atoms with E-state index in [1.165, 1.54) is 11.1 Å². The number of nitrogens with one attached hydrogen (secondary N) is 2. The van der Waals surface area contributed by atoms with Crippen molar-refractivity contribution in [3.05, 3.63) is 128 Å². The summed E-state index contributed by atoms with van der Waals surface area (Å²) in [5.41, 5.74) is 9.67. The van der Waals surface area contributed by atoms with Gasteiger partial charge in [0.25, 0.3) is 0 Å². The molecule has 0 radical (unpaired) electrons. The molecule has 2 heterocycles. The Labute approximate surface area is 361 Å². The Morgan fingerprint density at radius 2 is 1.07 bits per heavy atom. The number of nitrogens with zero attached hydrogens (tertiary/aromatic N) is 2. The number of fused-ring (bicyclic) bond motifs is 2. The van der Waals surface area contributed by atoms with E-state index in [0.29, 0.717) is 38.1 Å². The van der Waals surface area contributed by atoms with Crippen molar-refractivity contribution < 1.29 is 19.1 Å². The quantitative estimate of drug-likeness (QED) is 0.126. The Kier molecular flexibility index (Phi) is 14.8. The van der Waals surface area contributed by atoms with Crippen molar-refractivity contribution >= 4 is 91.2 Å². The average molecular weight is 858 g/mol. The van der Waals surface area contributed by atoms with Gasteiger partial charge in [-0.3, -0.25) is 9.59 Å². The van der Waals surface area contributed by atoms with Gasteiger partial charge in [-0.2, -0.15) is 0 Å². The molecule has 0 atom stereocenters. The number of ether oxygens (including phenoxy) is 2. The van der Waals surface area contributed by atoms with E-state index in [1.54, 1.807) is 14.2 Å². The monoisotopic (exact) mass is 856 g/mol. The van der Waals surface area contributed by atoms with Crippen LogP contribution < -0.4 is 20.1 Å². The van der Waals surface area contributed by atoms with Crippen LogP contribution in [-0.2, 0) is 22.4 Å². The zero-order valence-electron chi connectivity index (χ0n) is 34.4. The number of aryl methyl sites for hydroxylation is 2. The molecule has 0 saturated carbocycles. The summed E-state index contributed by atoms with van der Waals surface area (Å²) in [6.07, 6.45) is 1.43. The van der Waals surface area contributed by atoms with Crippen molar-refractivity contribution in [3.8, 4) is 11.5 Å². The predicted molar refractivity (Wildman–Crippen MR) is 247 cm³/mol. The summed E-state index contributed by atoms with van der Waals surface area (Å²) in [4.78, 5) is 26.3. The molecule has 0 fully saturated rings. The van der Waals surface area contributed by atoms with E-state index in [9.17, 15) is 9.59 Å². The number of thiocarbonyl (C=S) groups is 2. The summed E-state index contributed by atoms with van der Waals surface area (Å²) in [5.74, 6) is 1.11. The van der Waals surface area contributed by atoms with Gasteiger partial charge in [-0.1, -0.05) is 114 Å². The number of rotatable bonds is 11. The van der Waals surface area contributed by atoms with Crippen LogP contribution in [0.2, 0.25) is 10.0 Å². The van der Waals surface area contributed by atoms with Crippen LogP contribution >= 0.6 is 47.6 Å². The molecule has 0 saturated heterocycles. The highest BCUT2D eigenvalue weighted by molar-refractivity contribution is 7.81. The topological polar surface area (TPSA) is 86.5 Å². The van der Waals surface area contributed by atoms with Gasteiger partial charge in [-0.15, -0.1) is 0 Å². The molecule has 2 N–H and O–H groups in total. The Hall–Kier alpha value is -4.74. The largest absolute Gasteiger partial charge is 0.495 e. The normalized spacial score (nSPS) is 11.0. The lowest BCUT2D eigenvalue weighted by Gasteiger charge is -2.12. The van der Waals surface area contributed by atoms with Gasteiger partial charge in [0.15, 0.2) is 0 Å². The lowest BCUT2D eigenvalue weighted by atomic mass is 10.1. The molecule has 8 nitrogen and oxygen atoms in total. The second-order valence-electron chi connectivity index (χ2n) is 14.6. The van der Waals surface area contributed by atoms with Crippen LogP contribution in [0.3, 0.4) is 0 Å². The minimum Gasteiger partial charge on any atom is -0.495 e. The fraction of sp³-hybridized carbons (Fsp3) is 0.304. The molecule has 58 heavy (non-hydrogen) atoms. The van der Waals surface area contributed by atoms with Crippen LogP contribution in [0.1, 0.15) is 72.0 Å². The van der Waals surface area contributed by atoms with Crippen molar-refractivity contribution in [1.82, 2.24) is 19.8 Å². The number of carbonyl (C=O) groups excluding carboxylic acids is 2. The Morgan fingerprint density at radius 1 is 0.672 bits per heavy atom. The maximum Gasteiger partial charge on any atom is 0.224 e. The first-order chi connectivity index (χ1) is 27.6. The van der Waals surface area contributed by atoms with Crippen LogP contribution in [0, 0.1) is 27.7 Å². The fourth-order valence-corrected chi connectivity index (χ4v) is 8.13.